The molecule has 20 heavy (non-hydrogen) atoms. The number of hydrogen-bond acceptors (Lipinski definition) is 4. The van der Waals surface area contributed by atoms with E-state index in [0.29, 0.717) is 12.8 Å². The third-order valence-corrected chi connectivity index (χ3v) is 3.06. The first-order chi connectivity index (χ1) is 9.24. The third-order valence-electron chi connectivity index (χ3n) is 3.06. The molecule has 0 spiro atoms. The van der Waals surface area contributed by atoms with Gasteiger partial charge in [-0.3, -0.25) is 15.5 Å². The van der Waals surface area contributed by atoms with Crippen molar-refractivity contribution in [2.75, 3.05) is 6.61 Å². The second kappa shape index (κ2) is 6.31. The van der Waals surface area contributed by atoms with Crippen LogP contribution in [0.4, 0.5) is 10.1 Å². The topological polar surface area (TPSA) is 102 Å². The van der Waals surface area contributed by atoms with Gasteiger partial charge in [0.15, 0.2) is 11.6 Å². The maximum atomic E-state index is 13.5. The van der Waals surface area contributed by atoms with E-state index in [1.165, 1.54) is 12.1 Å². The Bertz CT molecular complexity index is 518. The molecule has 110 valence electrons. The highest BCUT2D eigenvalue weighted by molar-refractivity contribution is 5.82. The smallest absolute Gasteiger partial charge is 0.272 e. The molecule has 0 fully saturated rings. The Morgan fingerprint density at radius 2 is 2.20 bits per heavy atom. The Morgan fingerprint density at radius 3 is 2.70 bits per heavy atom. The van der Waals surface area contributed by atoms with Crippen molar-refractivity contribution in [3.8, 4) is 5.75 Å². The standard InChI is InChI=1S/C13H18FN3O3/c1-13(2,12(15)16)6-3-7-20-11-5-4-9(17(18)19)8-10(11)14/h4-5,8H,3,6-7H2,1-2H3,(H3,15,16). The normalized spacial score (nSPS) is 11.2. The number of nitrogens with two attached hydrogens (primary N) is 1. The van der Waals surface area contributed by atoms with E-state index in [0.717, 1.165) is 6.07 Å². The van der Waals surface area contributed by atoms with Gasteiger partial charge in [-0.2, -0.15) is 0 Å². The van der Waals surface area contributed by atoms with Gasteiger partial charge in [-0.15, -0.1) is 0 Å². The van der Waals surface area contributed by atoms with Crippen LogP contribution in [0.3, 0.4) is 0 Å². The fourth-order valence-electron chi connectivity index (χ4n) is 1.55. The van der Waals surface area contributed by atoms with E-state index >= 15 is 0 Å². The maximum Gasteiger partial charge on any atom is 0.272 e. The summed E-state index contributed by atoms with van der Waals surface area (Å²) in [6, 6.07) is 3.26. The molecule has 6 nitrogen and oxygen atoms in total. The molecule has 0 amide bonds. The lowest BCUT2D eigenvalue weighted by atomic mass is 9.87. The number of hydrogen-bond donors (Lipinski definition) is 2. The van der Waals surface area contributed by atoms with Gasteiger partial charge in [0, 0.05) is 11.5 Å². The highest BCUT2D eigenvalue weighted by atomic mass is 19.1. The summed E-state index contributed by atoms with van der Waals surface area (Å²) < 4.78 is 18.8. The first kappa shape index (κ1) is 15.9. The van der Waals surface area contributed by atoms with Gasteiger partial charge in [0.05, 0.1) is 23.4 Å². The van der Waals surface area contributed by atoms with Crippen molar-refractivity contribution in [3.63, 3.8) is 0 Å². The largest absolute Gasteiger partial charge is 0.491 e. The highest BCUT2D eigenvalue weighted by Gasteiger charge is 2.21. The summed E-state index contributed by atoms with van der Waals surface area (Å²) in [5, 5.41) is 17.9. The molecule has 0 atom stereocenters. The van der Waals surface area contributed by atoms with Gasteiger partial charge in [-0.1, -0.05) is 13.8 Å². The van der Waals surface area contributed by atoms with E-state index in [1.54, 1.807) is 0 Å². The van der Waals surface area contributed by atoms with Crippen LogP contribution in [0.15, 0.2) is 18.2 Å². The lowest BCUT2D eigenvalue weighted by Gasteiger charge is -2.22. The summed E-state index contributed by atoms with van der Waals surface area (Å²) in [4.78, 5) is 9.80. The van der Waals surface area contributed by atoms with Crippen LogP contribution in [0.25, 0.3) is 0 Å². The van der Waals surface area contributed by atoms with Gasteiger partial charge in [0.1, 0.15) is 0 Å². The number of ether oxygens (including phenoxy) is 1. The lowest BCUT2D eigenvalue weighted by Crippen LogP contribution is -2.31. The molecule has 0 heterocycles. The molecule has 1 aromatic rings. The number of benzene rings is 1. The Balaban J connectivity index is 2.51. The van der Waals surface area contributed by atoms with E-state index in [4.69, 9.17) is 15.9 Å². The van der Waals surface area contributed by atoms with Crippen LogP contribution in [-0.4, -0.2) is 17.4 Å². The summed E-state index contributed by atoms with van der Waals surface area (Å²) in [6.45, 7) is 3.95. The van der Waals surface area contributed by atoms with Gasteiger partial charge in [-0.05, 0) is 18.9 Å². The van der Waals surface area contributed by atoms with E-state index < -0.39 is 16.2 Å². The lowest BCUT2D eigenvalue weighted by molar-refractivity contribution is -0.385. The number of halogens is 1. The van der Waals surface area contributed by atoms with Crippen LogP contribution in [0.1, 0.15) is 26.7 Å². The summed E-state index contributed by atoms with van der Waals surface area (Å²) in [5.74, 6) is -0.680. The molecule has 0 aliphatic heterocycles. The second-order valence-electron chi connectivity index (χ2n) is 5.12. The fourth-order valence-corrected chi connectivity index (χ4v) is 1.55. The van der Waals surface area contributed by atoms with Crippen molar-refractivity contribution in [3.05, 3.63) is 34.1 Å². The number of rotatable bonds is 7. The minimum atomic E-state index is -0.759. The molecule has 7 heteroatoms. The molecular weight excluding hydrogens is 265 g/mol. The van der Waals surface area contributed by atoms with E-state index in [-0.39, 0.29) is 23.9 Å². The Morgan fingerprint density at radius 1 is 1.55 bits per heavy atom. The van der Waals surface area contributed by atoms with Gasteiger partial charge in [-0.25, -0.2) is 4.39 Å². The van der Waals surface area contributed by atoms with Crippen molar-refractivity contribution in [1.82, 2.24) is 0 Å². The van der Waals surface area contributed by atoms with Crippen LogP contribution in [0.5, 0.6) is 5.75 Å². The average Bonchev–Trinajstić information content (AvgIpc) is 2.35. The molecular formula is C13H18FN3O3. The van der Waals surface area contributed by atoms with Crippen LogP contribution in [-0.2, 0) is 0 Å². The van der Waals surface area contributed by atoms with Crippen molar-refractivity contribution >= 4 is 11.5 Å². The van der Waals surface area contributed by atoms with E-state index in [2.05, 4.69) is 0 Å². The van der Waals surface area contributed by atoms with E-state index in [9.17, 15) is 14.5 Å². The SMILES string of the molecule is CC(C)(CCCOc1ccc([N+](=O)[O-])cc1F)C(=N)N. The van der Waals surface area contributed by atoms with Gasteiger partial charge < -0.3 is 10.5 Å². The first-order valence-corrected chi connectivity index (χ1v) is 6.15. The summed E-state index contributed by atoms with van der Waals surface area (Å²) in [6.07, 6.45) is 1.24. The van der Waals surface area contributed by atoms with Crippen LogP contribution >= 0.6 is 0 Å². The second-order valence-corrected chi connectivity index (χ2v) is 5.12. The van der Waals surface area contributed by atoms with Crippen molar-refractivity contribution in [1.29, 1.82) is 5.41 Å². The monoisotopic (exact) mass is 283 g/mol. The Hall–Kier alpha value is -2.18. The number of nitro groups is 1. The average molecular weight is 283 g/mol. The number of nitro benzene ring substituents is 1. The molecule has 3 N–H and O–H groups in total. The predicted octanol–water partition coefficient (Wildman–Crippen LogP) is 2.86. The fraction of sp³-hybridized carbons (Fsp3) is 0.462. The van der Waals surface area contributed by atoms with Crippen LogP contribution in [0.2, 0.25) is 0 Å². The van der Waals surface area contributed by atoms with Gasteiger partial charge >= 0.3 is 0 Å². The van der Waals surface area contributed by atoms with Crippen molar-refractivity contribution in [2.45, 2.75) is 26.7 Å². The zero-order chi connectivity index (χ0) is 15.3. The number of non-ortho nitro benzene ring substituents is 1. The van der Waals surface area contributed by atoms with E-state index in [1.807, 2.05) is 13.8 Å². The third kappa shape index (κ3) is 4.18. The molecule has 0 aliphatic carbocycles. The zero-order valence-electron chi connectivity index (χ0n) is 11.5. The molecule has 0 saturated carbocycles. The molecule has 0 aromatic heterocycles. The van der Waals surface area contributed by atoms with Crippen LogP contribution in [0, 0.1) is 26.8 Å². The molecule has 0 radical (unpaired) electrons. The minimum absolute atomic E-state index is 0.0174. The maximum absolute atomic E-state index is 13.5. The molecule has 0 unspecified atom stereocenters. The summed E-state index contributed by atoms with van der Waals surface area (Å²) >= 11 is 0. The molecule has 0 bridgehead atoms. The summed E-state index contributed by atoms with van der Waals surface area (Å²) in [5.41, 5.74) is 4.72. The van der Waals surface area contributed by atoms with Crippen molar-refractivity contribution < 1.29 is 14.1 Å². The molecule has 1 aromatic carbocycles. The molecule has 1 rings (SSSR count). The highest BCUT2D eigenvalue weighted by Crippen LogP contribution is 2.24. The number of nitrogens with zero attached hydrogens (tertiary/aromatic N) is 1. The molecule has 0 aliphatic rings. The van der Waals surface area contributed by atoms with Gasteiger partial charge in [0.2, 0.25) is 0 Å². The van der Waals surface area contributed by atoms with Crippen molar-refractivity contribution in [2.24, 2.45) is 11.1 Å². The van der Waals surface area contributed by atoms with Gasteiger partial charge in [0.25, 0.3) is 5.69 Å². The Labute approximate surface area is 116 Å². The number of amidine groups is 1. The quantitative estimate of drug-likeness (QED) is 0.264. The number of nitrogens with one attached hydrogen (secondary N) is 1. The first-order valence-electron chi connectivity index (χ1n) is 6.15. The Kier molecular flexibility index (Phi) is 5.01. The minimum Gasteiger partial charge on any atom is -0.491 e. The summed E-state index contributed by atoms with van der Waals surface area (Å²) in [7, 11) is 0. The zero-order valence-corrected chi connectivity index (χ0v) is 11.5. The van der Waals surface area contributed by atoms with Crippen LogP contribution < -0.4 is 10.5 Å². The molecule has 0 saturated heterocycles. The predicted molar refractivity (Wildman–Crippen MR) is 73.5 cm³/mol.